The van der Waals surface area contributed by atoms with Gasteiger partial charge in [0.15, 0.2) is 0 Å². The Bertz CT molecular complexity index is 1090. The first-order chi connectivity index (χ1) is 17.6. The number of nitrogens with zero attached hydrogens (tertiary/aromatic N) is 3. The summed E-state index contributed by atoms with van der Waals surface area (Å²) in [5.74, 6) is 0.847. The highest BCUT2D eigenvalue weighted by Gasteiger charge is 2.36. The number of carbonyl (C=O) groups is 1. The zero-order valence-electron chi connectivity index (χ0n) is 21.1. The number of aryl methyl sites for hydroxylation is 1. The number of aromatic nitrogens is 1. The largest absolute Gasteiger partial charge is 0.392 e. The summed E-state index contributed by atoms with van der Waals surface area (Å²) in [6.07, 6.45) is -5.30. The summed E-state index contributed by atoms with van der Waals surface area (Å²) in [6.45, 7) is 7.07. The fourth-order valence-corrected chi connectivity index (χ4v) is 4.69. The molecule has 1 aromatic heterocycles. The van der Waals surface area contributed by atoms with Crippen LogP contribution in [-0.4, -0.2) is 79.2 Å². The minimum absolute atomic E-state index is 0.0929. The molecule has 11 heteroatoms. The number of aliphatic hydroxyl groups is 1. The zero-order chi connectivity index (χ0) is 26.6. The van der Waals surface area contributed by atoms with Gasteiger partial charge < -0.3 is 30.3 Å². The van der Waals surface area contributed by atoms with Crippen LogP contribution in [0.3, 0.4) is 0 Å². The second-order valence-electron chi connectivity index (χ2n) is 9.81. The molecule has 2 fully saturated rings. The first-order valence-corrected chi connectivity index (χ1v) is 12.6. The van der Waals surface area contributed by atoms with Gasteiger partial charge in [0.1, 0.15) is 11.6 Å². The number of halogens is 3. The lowest BCUT2D eigenvalue weighted by atomic mass is 10.00. The van der Waals surface area contributed by atoms with E-state index in [0.29, 0.717) is 57.3 Å². The van der Waals surface area contributed by atoms with Gasteiger partial charge in [-0.05, 0) is 67.1 Å². The Kier molecular flexibility index (Phi) is 8.43. The number of pyridine rings is 1. The molecule has 0 radical (unpaired) electrons. The molecule has 2 aliphatic heterocycles. The number of anilines is 3. The van der Waals surface area contributed by atoms with Crippen LogP contribution in [0.4, 0.5) is 35.3 Å². The third-order valence-electron chi connectivity index (χ3n) is 6.62. The van der Waals surface area contributed by atoms with Gasteiger partial charge in [-0.3, -0.25) is 0 Å². The van der Waals surface area contributed by atoms with E-state index >= 15 is 0 Å². The summed E-state index contributed by atoms with van der Waals surface area (Å²) >= 11 is 0. The molecule has 8 nitrogen and oxygen atoms in total. The van der Waals surface area contributed by atoms with E-state index in [4.69, 9.17) is 9.72 Å². The van der Waals surface area contributed by atoms with Crippen molar-refractivity contribution in [1.29, 1.82) is 0 Å². The van der Waals surface area contributed by atoms with Gasteiger partial charge in [0.25, 0.3) is 0 Å². The molecule has 3 heterocycles. The molecule has 1 aromatic carbocycles. The quantitative estimate of drug-likeness (QED) is 0.498. The van der Waals surface area contributed by atoms with Crippen LogP contribution in [0.5, 0.6) is 0 Å². The Labute approximate surface area is 214 Å². The number of alkyl halides is 3. The van der Waals surface area contributed by atoms with Crippen LogP contribution in [0.2, 0.25) is 0 Å². The number of aliphatic hydroxyl groups excluding tert-OH is 1. The van der Waals surface area contributed by atoms with Gasteiger partial charge in [0.2, 0.25) is 0 Å². The van der Waals surface area contributed by atoms with Crippen LogP contribution in [0.25, 0.3) is 11.1 Å². The van der Waals surface area contributed by atoms with Crippen LogP contribution in [-0.2, 0) is 4.74 Å². The summed E-state index contributed by atoms with van der Waals surface area (Å²) in [5.41, 5.74) is 3.34. The lowest BCUT2D eigenvalue weighted by Gasteiger charge is -2.28. The second-order valence-corrected chi connectivity index (χ2v) is 9.81. The normalized spacial score (nSPS) is 19.1. The zero-order valence-corrected chi connectivity index (χ0v) is 21.1. The number of carbonyl (C=O) groups excluding carboxylic acids is 1. The number of likely N-dealkylation sites (tertiary alicyclic amines) is 1. The van der Waals surface area contributed by atoms with E-state index in [-0.39, 0.29) is 6.54 Å². The predicted molar refractivity (Wildman–Crippen MR) is 137 cm³/mol. The van der Waals surface area contributed by atoms with Crippen LogP contribution in [0.15, 0.2) is 30.3 Å². The molecule has 2 aliphatic rings. The van der Waals surface area contributed by atoms with E-state index in [1.54, 1.807) is 13.0 Å². The number of benzene rings is 1. The average Bonchev–Trinajstić information content (AvgIpc) is 3.31. The Morgan fingerprint density at radius 2 is 1.97 bits per heavy atom. The number of nitrogens with one attached hydrogen (secondary N) is 2. The minimum Gasteiger partial charge on any atom is -0.392 e. The van der Waals surface area contributed by atoms with Crippen molar-refractivity contribution in [2.45, 2.75) is 39.0 Å². The first-order valence-electron chi connectivity index (χ1n) is 12.6. The number of hydrogen-bond donors (Lipinski definition) is 3. The molecular weight excluding hydrogens is 487 g/mol. The van der Waals surface area contributed by atoms with Gasteiger partial charge in [-0.15, -0.1) is 0 Å². The summed E-state index contributed by atoms with van der Waals surface area (Å²) in [7, 11) is 0. The summed E-state index contributed by atoms with van der Waals surface area (Å²) in [6, 6.07) is 9.06. The fraction of sp³-hybridized carbons (Fsp3) is 0.538. The molecule has 202 valence electrons. The lowest BCUT2D eigenvalue weighted by molar-refractivity contribution is -0.143. The molecule has 4 rings (SSSR count). The van der Waals surface area contributed by atoms with E-state index in [1.165, 1.54) is 4.90 Å². The van der Waals surface area contributed by atoms with Crippen molar-refractivity contribution in [2.24, 2.45) is 5.92 Å². The number of rotatable bonds is 7. The molecule has 0 bridgehead atoms. The van der Waals surface area contributed by atoms with Gasteiger partial charge in [0, 0.05) is 44.8 Å². The highest BCUT2D eigenvalue weighted by atomic mass is 19.4. The average molecular weight is 522 g/mol. The van der Waals surface area contributed by atoms with Crippen molar-refractivity contribution in [3.05, 3.63) is 35.9 Å². The second kappa shape index (κ2) is 11.6. The fourth-order valence-electron chi connectivity index (χ4n) is 4.69. The number of amides is 2. The van der Waals surface area contributed by atoms with Gasteiger partial charge in [-0.1, -0.05) is 6.07 Å². The van der Waals surface area contributed by atoms with Crippen LogP contribution in [0, 0.1) is 12.8 Å². The Hall–Kier alpha value is -3.05. The lowest BCUT2D eigenvalue weighted by Crippen LogP contribution is -2.36. The number of urea groups is 1. The van der Waals surface area contributed by atoms with Gasteiger partial charge >= 0.3 is 12.2 Å². The van der Waals surface area contributed by atoms with Crippen molar-refractivity contribution in [2.75, 3.05) is 61.5 Å². The molecule has 0 spiro atoms. The van der Waals surface area contributed by atoms with Gasteiger partial charge in [-0.2, -0.15) is 13.2 Å². The molecule has 2 amide bonds. The smallest absolute Gasteiger partial charge is 0.389 e. The SMILES string of the molecule is Cc1ccc(NC(=O)N2CC[C@@H](CC(F)(F)F)C2)cc1-c1cc(NC[C@@H](C)O)nc(N2CCOCC2)c1. The maximum absolute atomic E-state index is 12.8. The van der Waals surface area contributed by atoms with E-state index in [2.05, 4.69) is 15.5 Å². The standard InChI is InChI=1S/C26H34F3N5O3/c1-17-3-4-21(31-25(36)34-6-5-19(16-34)14-26(27,28)29)13-22(17)20-11-23(30-15-18(2)35)32-24(12-20)33-7-9-37-10-8-33/h3-4,11-13,18-19,35H,5-10,14-16H2,1-2H3,(H,30,32)(H,31,36)/t18-,19+/m1/s1. The topological polar surface area (TPSA) is 90.0 Å². The number of hydrogen-bond acceptors (Lipinski definition) is 6. The maximum Gasteiger partial charge on any atom is 0.389 e. The van der Waals surface area contributed by atoms with Crippen molar-refractivity contribution in [3.8, 4) is 11.1 Å². The molecule has 2 atom stereocenters. The van der Waals surface area contributed by atoms with Crippen LogP contribution >= 0.6 is 0 Å². The van der Waals surface area contributed by atoms with Crippen molar-refractivity contribution in [3.63, 3.8) is 0 Å². The predicted octanol–water partition coefficient (Wildman–Crippen LogP) is 4.49. The minimum atomic E-state index is -4.23. The molecular formula is C26H34F3N5O3. The van der Waals surface area contributed by atoms with Crippen molar-refractivity contribution >= 4 is 23.4 Å². The molecule has 3 N–H and O–H groups in total. The van der Waals surface area contributed by atoms with E-state index in [0.717, 1.165) is 22.5 Å². The van der Waals surface area contributed by atoms with Crippen LogP contribution < -0.4 is 15.5 Å². The maximum atomic E-state index is 12.8. The third kappa shape index (κ3) is 7.48. The van der Waals surface area contributed by atoms with Crippen molar-refractivity contribution < 1.29 is 27.8 Å². The third-order valence-corrected chi connectivity index (χ3v) is 6.62. The van der Waals surface area contributed by atoms with Crippen LogP contribution in [0.1, 0.15) is 25.3 Å². The highest BCUT2D eigenvalue weighted by Crippen LogP contribution is 2.33. The molecule has 0 unspecified atom stereocenters. The summed E-state index contributed by atoms with van der Waals surface area (Å²) in [5, 5.41) is 15.8. The molecule has 0 aliphatic carbocycles. The Morgan fingerprint density at radius 1 is 1.22 bits per heavy atom. The van der Waals surface area contributed by atoms with Crippen molar-refractivity contribution in [1.82, 2.24) is 9.88 Å². The first kappa shape index (κ1) is 27.0. The van der Waals surface area contributed by atoms with Gasteiger partial charge in [0.05, 0.1) is 19.3 Å². The molecule has 0 saturated carbocycles. The van der Waals surface area contributed by atoms with Gasteiger partial charge in [-0.25, -0.2) is 9.78 Å². The molecule has 2 saturated heterocycles. The van der Waals surface area contributed by atoms with E-state index in [1.807, 2.05) is 31.2 Å². The molecule has 37 heavy (non-hydrogen) atoms. The van der Waals surface area contributed by atoms with E-state index in [9.17, 15) is 23.1 Å². The molecule has 2 aromatic rings. The monoisotopic (exact) mass is 521 g/mol. The number of morpholine rings is 1. The summed E-state index contributed by atoms with van der Waals surface area (Å²) < 4.78 is 43.7. The Morgan fingerprint density at radius 3 is 2.68 bits per heavy atom. The van der Waals surface area contributed by atoms with E-state index < -0.39 is 30.7 Å². The Balaban J connectivity index is 1.54. The summed E-state index contributed by atoms with van der Waals surface area (Å²) in [4.78, 5) is 21.1. The number of ether oxygens (including phenoxy) is 1. The highest BCUT2D eigenvalue weighted by molar-refractivity contribution is 5.91.